The summed E-state index contributed by atoms with van der Waals surface area (Å²) in [6.45, 7) is 5.61. The molecule has 1 aromatic heterocycles. The molecule has 6 rings (SSSR count). The summed E-state index contributed by atoms with van der Waals surface area (Å²) in [5, 5.41) is 0. The van der Waals surface area contributed by atoms with Crippen molar-refractivity contribution < 1.29 is 0 Å². The highest BCUT2D eigenvalue weighted by atomic mass is 15.3. The summed E-state index contributed by atoms with van der Waals surface area (Å²) in [6, 6.07) is 19.9. The molecule has 26 heavy (non-hydrogen) atoms. The van der Waals surface area contributed by atoms with Gasteiger partial charge in [0.15, 0.2) is 0 Å². The first-order valence-electron chi connectivity index (χ1n) is 9.77. The van der Waals surface area contributed by atoms with Crippen molar-refractivity contribution in [1.82, 2.24) is 19.8 Å². The lowest BCUT2D eigenvalue weighted by molar-refractivity contribution is 0.120. The molecule has 3 saturated heterocycles. The van der Waals surface area contributed by atoms with E-state index in [4.69, 9.17) is 4.98 Å². The van der Waals surface area contributed by atoms with Crippen molar-refractivity contribution in [3.8, 4) is 0 Å². The van der Waals surface area contributed by atoms with Crippen LogP contribution < -0.4 is 0 Å². The van der Waals surface area contributed by atoms with Gasteiger partial charge in [-0.25, -0.2) is 4.98 Å². The van der Waals surface area contributed by atoms with Crippen molar-refractivity contribution >= 4 is 11.0 Å². The smallest absolute Gasteiger partial charge is 0.121 e. The van der Waals surface area contributed by atoms with Crippen molar-refractivity contribution in [2.24, 2.45) is 5.92 Å². The number of aromatic amines is 1. The van der Waals surface area contributed by atoms with Gasteiger partial charge in [0.05, 0.1) is 17.6 Å². The van der Waals surface area contributed by atoms with E-state index < -0.39 is 0 Å². The van der Waals surface area contributed by atoms with Crippen LogP contribution in [0, 0.1) is 5.92 Å². The molecule has 3 aliphatic heterocycles. The molecule has 3 aliphatic rings. The number of hydrogen-bond donors (Lipinski definition) is 1. The molecule has 0 spiro atoms. The number of nitrogens with zero attached hydrogens (tertiary/aromatic N) is 3. The van der Waals surface area contributed by atoms with E-state index in [0.29, 0.717) is 6.04 Å². The molecule has 2 aromatic carbocycles. The Morgan fingerprint density at radius 2 is 1.73 bits per heavy atom. The number of rotatable bonds is 4. The Bertz CT molecular complexity index is 839. The number of benzene rings is 2. The lowest BCUT2D eigenvalue weighted by atomic mass is 9.95. The number of H-pyrrole nitrogens is 1. The fraction of sp³-hybridized carbons (Fsp3) is 0.409. The van der Waals surface area contributed by atoms with Gasteiger partial charge in [-0.15, -0.1) is 0 Å². The Morgan fingerprint density at radius 1 is 0.885 bits per heavy atom. The highest BCUT2D eigenvalue weighted by Gasteiger charge is 2.34. The zero-order chi connectivity index (χ0) is 17.3. The number of piperidine rings is 1. The van der Waals surface area contributed by atoms with E-state index in [9.17, 15) is 0 Å². The molecule has 4 heteroatoms. The summed E-state index contributed by atoms with van der Waals surface area (Å²) >= 11 is 0. The lowest BCUT2D eigenvalue weighted by Gasteiger charge is -2.35. The molecule has 4 heterocycles. The quantitative estimate of drug-likeness (QED) is 0.783. The number of aromatic nitrogens is 2. The zero-order valence-corrected chi connectivity index (χ0v) is 15.1. The largest absolute Gasteiger partial charge is 0.341 e. The molecule has 1 N–H and O–H groups in total. The Morgan fingerprint density at radius 3 is 2.62 bits per heavy atom. The van der Waals surface area contributed by atoms with Gasteiger partial charge < -0.3 is 4.98 Å². The summed E-state index contributed by atoms with van der Waals surface area (Å²) in [5.41, 5.74) is 3.65. The fourth-order valence-corrected chi connectivity index (χ4v) is 4.71. The molecule has 0 saturated carbocycles. The molecule has 3 aromatic rings. The van der Waals surface area contributed by atoms with Gasteiger partial charge in [0.25, 0.3) is 0 Å². The topological polar surface area (TPSA) is 35.2 Å². The third-order valence-electron chi connectivity index (χ3n) is 5.94. The van der Waals surface area contributed by atoms with Gasteiger partial charge in [0.2, 0.25) is 0 Å². The predicted octanol–water partition coefficient (Wildman–Crippen LogP) is 3.66. The maximum atomic E-state index is 4.80. The Hall–Kier alpha value is -2.17. The highest BCUT2D eigenvalue weighted by molar-refractivity contribution is 5.74. The van der Waals surface area contributed by atoms with Gasteiger partial charge in [-0.3, -0.25) is 9.80 Å². The van der Waals surface area contributed by atoms with E-state index in [1.54, 1.807) is 0 Å². The molecule has 0 aliphatic carbocycles. The van der Waals surface area contributed by atoms with Gasteiger partial charge in [0, 0.05) is 32.2 Å². The van der Waals surface area contributed by atoms with Crippen LogP contribution in [-0.2, 0) is 13.1 Å². The SMILES string of the molecule is c1ccc(CN2C[C@@H]3CC[C@H](C2)N(Cc2nc4ccccc4[nH]2)C3)cc1. The third-order valence-corrected chi connectivity index (χ3v) is 5.94. The lowest BCUT2D eigenvalue weighted by Crippen LogP contribution is -2.43. The maximum absolute atomic E-state index is 4.80. The highest BCUT2D eigenvalue weighted by Crippen LogP contribution is 2.30. The van der Waals surface area contributed by atoms with Gasteiger partial charge in [-0.2, -0.15) is 0 Å². The fourth-order valence-electron chi connectivity index (χ4n) is 4.71. The second-order valence-electron chi connectivity index (χ2n) is 7.91. The van der Waals surface area contributed by atoms with Crippen LogP contribution in [0.15, 0.2) is 54.6 Å². The van der Waals surface area contributed by atoms with Gasteiger partial charge in [-0.05, 0) is 36.5 Å². The summed E-state index contributed by atoms with van der Waals surface area (Å²) in [6.07, 6.45) is 2.68. The molecule has 0 unspecified atom stereocenters. The second kappa shape index (κ2) is 6.86. The minimum atomic E-state index is 0.644. The number of para-hydroxylation sites is 2. The van der Waals surface area contributed by atoms with Crippen LogP contribution in [0.4, 0.5) is 0 Å². The maximum Gasteiger partial charge on any atom is 0.121 e. The summed E-state index contributed by atoms with van der Waals surface area (Å²) in [4.78, 5) is 13.6. The van der Waals surface area contributed by atoms with E-state index in [1.165, 1.54) is 38.0 Å². The summed E-state index contributed by atoms with van der Waals surface area (Å²) in [5.74, 6) is 1.88. The van der Waals surface area contributed by atoms with Crippen LogP contribution in [0.1, 0.15) is 24.2 Å². The minimum Gasteiger partial charge on any atom is -0.341 e. The first-order valence-corrected chi connectivity index (χ1v) is 9.77. The molecule has 3 fully saturated rings. The van der Waals surface area contributed by atoms with Gasteiger partial charge >= 0.3 is 0 Å². The second-order valence-corrected chi connectivity index (χ2v) is 7.91. The Labute approximate surface area is 154 Å². The van der Waals surface area contributed by atoms with Crippen LogP contribution in [0.5, 0.6) is 0 Å². The average molecular weight is 346 g/mol. The van der Waals surface area contributed by atoms with E-state index in [-0.39, 0.29) is 0 Å². The molecular formula is C22H26N4. The normalized spacial score (nSPS) is 24.2. The van der Waals surface area contributed by atoms with Gasteiger partial charge in [-0.1, -0.05) is 42.5 Å². The van der Waals surface area contributed by atoms with Gasteiger partial charge in [0.1, 0.15) is 5.82 Å². The van der Waals surface area contributed by atoms with Crippen molar-refractivity contribution in [3.05, 3.63) is 66.0 Å². The first kappa shape index (κ1) is 16.0. The van der Waals surface area contributed by atoms with E-state index in [2.05, 4.69) is 69.4 Å². The molecule has 2 bridgehead atoms. The van der Waals surface area contributed by atoms with E-state index in [1.807, 2.05) is 0 Å². The average Bonchev–Trinajstić information content (AvgIpc) is 2.87. The molecule has 4 nitrogen and oxygen atoms in total. The van der Waals surface area contributed by atoms with E-state index in [0.717, 1.165) is 35.9 Å². The first-order chi connectivity index (χ1) is 12.8. The number of hydrogen-bond acceptors (Lipinski definition) is 3. The molecule has 0 radical (unpaired) electrons. The van der Waals surface area contributed by atoms with Crippen LogP contribution in [-0.4, -0.2) is 45.4 Å². The predicted molar refractivity (Wildman–Crippen MR) is 105 cm³/mol. The standard InChI is InChI=1S/C22H26N4/c1-2-6-17(7-3-1)12-25-13-18-10-11-19(15-25)26(14-18)16-22-23-20-8-4-5-9-21(20)24-22/h1-9,18-19H,10-16H2,(H,23,24)/t18-,19+/m0/s1. The molecular weight excluding hydrogens is 320 g/mol. The summed E-state index contributed by atoms with van der Waals surface area (Å²) in [7, 11) is 0. The van der Waals surface area contributed by atoms with E-state index >= 15 is 0 Å². The van der Waals surface area contributed by atoms with Crippen LogP contribution in [0.25, 0.3) is 11.0 Å². The molecule has 2 atom stereocenters. The monoisotopic (exact) mass is 346 g/mol. The van der Waals surface area contributed by atoms with Crippen LogP contribution in [0.2, 0.25) is 0 Å². The van der Waals surface area contributed by atoms with Crippen molar-refractivity contribution in [1.29, 1.82) is 0 Å². The molecule has 134 valence electrons. The van der Waals surface area contributed by atoms with Crippen LogP contribution >= 0.6 is 0 Å². The zero-order valence-electron chi connectivity index (χ0n) is 15.1. The summed E-state index contributed by atoms with van der Waals surface area (Å²) < 4.78 is 0. The Balaban J connectivity index is 1.30. The van der Waals surface area contributed by atoms with Crippen molar-refractivity contribution in [3.63, 3.8) is 0 Å². The minimum absolute atomic E-state index is 0.644. The van der Waals surface area contributed by atoms with Crippen LogP contribution in [0.3, 0.4) is 0 Å². The third kappa shape index (κ3) is 3.27. The molecule has 0 amide bonds. The van der Waals surface area contributed by atoms with Crippen molar-refractivity contribution in [2.45, 2.75) is 32.0 Å². The van der Waals surface area contributed by atoms with Crippen molar-refractivity contribution in [2.75, 3.05) is 19.6 Å². The Kier molecular flexibility index (Phi) is 4.23. The number of nitrogens with one attached hydrogen (secondary N) is 1. The number of fused-ring (bicyclic) bond motifs is 5. The number of imidazole rings is 1.